The van der Waals surface area contributed by atoms with E-state index < -0.39 is 0 Å². The minimum atomic E-state index is -0.222. The van der Waals surface area contributed by atoms with Gasteiger partial charge in [-0.15, -0.1) is 11.3 Å². The van der Waals surface area contributed by atoms with E-state index in [1.54, 1.807) is 59.7 Å². The van der Waals surface area contributed by atoms with Crippen LogP contribution in [-0.2, 0) is 11.2 Å². The number of benzene rings is 2. The summed E-state index contributed by atoms with van der Waals surface area (Å²) in [6, 6.07) is 16.1. The Balaban J connectivity index is 1.52. The number of fused-ring (bicyclic) bond motifs is 1. The van der Waals surface area contributed by atoms with E-state index in [0.717, 1.165) is 12.0 Å². The number of rotatable bonds is 9. The highest BCUT2D eigenvalue weighted by Crippen LogP contribution is 2.34. The number of methoxy groups -OCH3 is 1. The summed E-state index contributed by atoms with van der Waals surface area (Å²) in [5.74, 6) is 1.35. The predicted octanol–water partition coefficient (Wildman–Crippen LogP) is 5.71. The van der Waals surface area contributed by atoms with E-state index >= 15 is 0 Å². The van der Waals surface area contributed by atoms with Crippen LogP contribution in [0.4, 0.5) is 0 Å². The number of hydrogen-bond donors (Lipinski definition) is 0. The van der Waals surface area contributed by atoms with Gasteiger partial charge in [0.1, 0.15) is 24.7 Å². The lowest BCUT2D eigenvalue weighted by Crippen LogP contribution is -2.48. The highest BCUT2D eigenvalue weighted by Gasteiger charge is 2.33. The summed E-state index contributed by atoms with van der Waals surface area (Å²) in [4.78, 5) is 31.8. The zero-order valence-corrected chi connectivity index (χ0v) is 22.3. The van der Waals surface area contributed by atoms with Gasteiger partial charge >= 0.3 is 0 Å². The van der Waals surface area contributed by atoms with Crippen molar-refractivity contribution in [2.45, 2.75) is 26.3 Å². The number of hydrogen-bond acceptors (Lipinski definition) is 5. The van der Waals surface area contributed by atoms with Crippen molar-refractivity contribution in [2.75, 3.05) is 33.4 Å². The molecule has 2 heterocycles. The molecule has 4 rings (SSSR count). The fourth-order valence-corrected chi connectivity index (χ4v) is 5.47. The lowest BCUT2D eigenvalue weighted by Gasteiger charge is -2.37. The van der Waals surface area contributed by atoms with E-state index in [2.05, 4.69) is 11.4 Å². The van der Waals surface area contributed by atoms with Crippen LogP contribution in [0.15, 0.2) is 60.0 Å². The van der Waals surface area contributed by atoms with Crippen LogP contribution in [0.2, 0.25) is 5.02 Å². The van der Waals surface area contributed by atoms with E-state index in [0.29, 0.717) is 41.8 Å². The molecule has 0 saturated heterocycles. The Labute approximate surface area is 221 Å². The topological polar surface area (TPSA) is 59.1 Å². The lowest BCUT2D eigenvalue weighted by atomic mass is 10.00. The number of ether oxygens (including phenoxy) is 2. The van der Waals surface area contributed by atoms with Crippen LogP contribution < -0.4 is 9.47 Å². The summed E-state index contributed by atoms with van der Waals surface area (Å²) < 4.78 is 11.3. The van der Waals surface area contributed by atoms with Gasteiger partial charge in [-0.25, -0.2) is 0 Å². The van der Waals surface area contributed by atoms with Crippen molar-refractivity contribution in [2.24, 2.45) is 5.92 Å². The molecule has 0 saturated carbocycles. The first-order chi connectivity index (χ1) is 17.4. The molecule has 2 aromatic carbocycles. The maximum Gasteiger partial charge on any atom is 0.254 e. The summed E-state index contributed by atoms with van der Waals surface area (Å²) in [6.07, 6.45) is 0.798. The number of halogens is 1. The van der Waals surface area contributed by atoms with Crippen molar-refractivity contribution in [3.8, 4) is 11.5 Å². The molecule has 190 valence electrons. The fraction of sp³-hybridized carbons (Fsp3) is 0.357. The van der Waals surface area contributed by atoms with Crippen molar-refractivity contribution >= 4 is 34.8 Å². The zero-order chi connectivity index (χ0) is 25.7. The molecule has 1 aromatic heterocycles. The summed E-state index contributed by atoms with van der Waals surface area (Å²) in [5, 5.41) is 2.70. The van der Waals surface area contributed by atoms with Crippen LogP contribution in [-0.4, -0.2) is 55.0 Å². The van der Waals surface area contributed by atoms with Crippen LogP contribution in [0.25, 0.3) is 0 Å². The van der Waals surface area contributed by atoms with Gasteiger partial charge < -0.3 is 19.3 Å². The predicted molar refractivity (Wildman–Crippen MR) is 143 cm³/mol. The molecule has 0 N–H and O–H groups in total. The van der Waals surface area contributed by atoms with Gasteiger partial charge in [0, 0.05) is 28.6 Å². The van der Waals surface area contributed by atoms with Crippen LogP contribution in [0.3, 0.4) is 0 Å². The number of thiophene rings is 1. The van der Waals surface area contributed by atoms with Gasteiger partial charge in [0.15, 0.2) is 0 Å². The minimum absolute atomic E-state index is 0.0138. The number of carbonyl (C=O) groups excluding carboxylic acids is 2. The molecular weight excluding hydrogens is 496 g/mol. The van der Waals surface area contributed by atoms with E-state index in [4.69, 9.17) is 21.1 Å². The Morgan fingerprint density at radius 2 is 1.78 bits per heavy atom. The smallest absolute Gasteiger partial charge is 0.254 e. The largest absolute Gasteiger partial charge is 0.497 e. The SMILES string of the molecule is COc1ccc(C(=O)N(CC(=O)N2CCc3sccc3[C@@H]2COc2ccc(Cl)cc2)CC(C)C)cc1. The Kier molecular flexibility index (Phi) is 8.54. The second kappa shape index (κ2) is 11.8. The molecule has 0 radical (unpaired) electrons. The maximum absolute atomic E-state index is 13.7. The van der Waals surface area contributed by atoms with E-state index in [9.17, 15) is 9.59 Å². The molecule has 0 spiro atoms. The third-order valence-electron chi connectivity index (χ3n) is 6.17. The van der Waals surface area contributed by atoms with Gasteiger partial charge in [0.2, 0.25) is 5.91 Å². The van der Waals surface area contributed by atoms with Gasteiger partial charge in [-0.05, 0) is 77.9 Å². The molecule has 6 nitrogen and oxygen atoms in total. The average molecular weight is 527 g/mol. The van der Waals surface area contributed by atoms with Crippen molar-refractivity contribution in [3.05, 3.63) is 81.0 Å². The van der Waals surface area contributed by atoms with Gasteiger partial charge in [0.25, 0.3) is 5.91 Å². The molecule has 2 amide bonds. The maximum atomic E-state index is 13.7. The molecule has 0 bridgehead atoms. The first-order valence-electron chi connectivity index (χ1n) is 12.0. The second-order valence-electron chi connectivity index (χ2n) is 9.22. The third-order valence-corrected chi connectivity index (χ3v) is 7.42. The number of amides is 2. The van der Waals surface area contributed by atoms with Crippen LogP contribution in [0.1, 0.15) is 40.7 Å². The zero-order valence-electron chi connectivity index (χ0n) is 20.8. The molecule has 0 aliphatic carbocycles. The van der Waals surface area contributed by atoms with Crippen molar-refractivity contribution < 1.29 is 19.1 Å². The third kappa shape index (κ3) is 6.20. The van der Waals surface area contributed by atoms with Crippen LogP contribution in [0.5, 0.6) is 11.5 Å². The van der Waals surface area contributed by atoms with Crippen LogP contribution >= 0.6 is 22.9 Å². The Bertz CT molecular complexity index is 1180. The quantitative estimate of drug-likeness (QED) is 0.358. The fourth-order valence-electron chi connectivity index (χ4n) is 4.41. The molecule has 3 aromatic rings. The molecule has 1 aliphatic rings. The molecule has 0 fully saturated rings. The molecular formula is C28H31ClN2O4S. The second-order valence-corrected chi connectivity index (χ2v) is 10.7. The highest BCUT2D eigenvalue weighted by atomic mass is 35.5. The van der Waals surface area contributed by atoms with Gasteiger partial charge in [-0.3, -0.25) is 9.59 Å². The van der Waals surface area contributed by atoms with Crippen molar-refractivity contribution in [1.82, 2.24) is 9.80 Å². The Hall–Kier alpha value is -3.03. The lowest BCUT2D eigenvalue weighted by molar-refractivity contribution is -0.135. The first kappa shape index (κ1) is 26.0. The number of nitrogens with zero attached hydrogens (tertiary/aromatic N) is 2. The summed E-state index contributed by atoms with van der Waals surface area (Å²) in [5.41, 5.74) is 1.65. The standard InChI is InChI=1S/C28H31ClN2O4S/c1-19(2)16-30(28(33)20-4-8-22(34-3)9-5-20)17-27(32)31-14-12-26-24(13-15-36-26)25(31)18-35-23-10-6-21(29)7-11-23/h4-11,13,15,19,25H,12,14,16-18H2,1-3H3/t25-/m0/s1. The Morgan fingerprint density at radius 1 is 1.08 bits per heavy atom. The van der Waals surface area contributed by atoms with Crippen molar-refractivity contribution in [1.29, 1.82) is 0 Å². The van der Waals surface area contributed by atoms with E-state index in [1.165, 1.54) is 4.88 Å². The summed E-state index contributed by atoms with van der Waals surface area (Å²) >= 11 is 7.71. The molecule has 1 atom stereocenters. The average Bonchev–Trinajstić information content (AvgIpc) is 3.36. The monoisotopic (exact) mass is 526 g/mol. The molecule has 0 unspecified atom stereocenters. The molecule has 8 heteroatoms. The summed E-state index contributed by atoms with van der Waals surface area (Å²) in [6.45, 7) is 5.50. The first-order valence-corrected chi connectivity index (χ1v) is 13.3. The molecule has 36 heavy (non-hydrogen) atoms. The highest BCUT2D eigenvalue weighted by molar-refractivity contribution is 7.10. The minimum Gasteiger partial charge on any atom is -0.497 e. The van der Waals surface area contributed by atoms with Gasteiger partial charge in [0.05, 0.1) is 13.2 Å². The van der Waals surface area contributed by atoms with Crippen molar-refractivity contribution in [3.63, 3.8) is 0 Å². The van der Waals surface area contributed by atoms with Gasteiger partial charge in [-0.2, -0.15) is 0 Å². The van der Waals surface area contributed by atoms with E-state index in [1.807, 2.05) is 30.9 Å². The van der Waals surface area contributed by atoms with Gasteiger partial charge in [-0.1, -0.05) is 25.4 Å². The molecule has 1 aliphatic heterocycles. The van der Waals surface area contributed by atoms with Crippen LogP contribution in [0, 0.1) is 5.92 Å². The summed E-state index contributed by atoms with van der Waals surface area (Å²) in [7, 11) is 1.59. The Morgan fingerprint density at radius 3 is 2.44 bits per heavy atom. The number of carbonyl (C=O) groups is 2. The normalized spacial score (nSPS) is 14.9. The van der Waals surface area contributed by atoms with E-state index in [-0.39, 0.29) is 30.3 Å².